The maximum atomic E-state index is 12.0. The van der Waals surface area contributed by atoms with Crippen molar-refractivity contribution in [3.05, 3.63) is 29.6 Å². The molecule has 6 heteroatoms. The molecule has 2 atom stereocenters. The maximum Gasteiger partial charge on any atom is 0.224 e. The number of halogens is 2. The van der Waals surface area contributed by atoms with E-state index < -0.39 is 0 Å². The molecule has 1 amide bonds. The number of rotatable bonds is 3. The topological polar surface area (TPSA) is 54.0 Å². The quantitative estimate of drug-likeness (QED) is 0.894. The van der Waals surface area contributed by atoms with Crippen LogP contribution in [0.3, 0.4) is 0 Å². The van der Waals surface area contributed by atoms with Gasteiger partial charge >= 0.3 is 0 Å². The van der Waals surface area contributed by atoms with E-state index in [-0.39, 0.29) is 30.7 Å². The molecule has 0 aliphatic carbocycles. The molecule has 1 fully saturated rings. The molecule has 0 aromatic carbocycles. The Morgan fingerprint density at radius 1 is 1.45 bits per heavy atom. The molecule has 4 nitrogen and oxygen atoms in total. The number of hydrogen-bond acceptors (Lipinski definition) is 3. The fraction of sp³-hybridized carbons (Fsp3) is 0.571. The molecule has 0 radical (unpaired) electrons. The second kappa shape index (κ2) is 9.16. The van der Waals surface area contributed by atoms with Gasteiger partial charge in [0.1, 0.15) is 0 Å². The van der Waals surface area contributed by atoms with Crippen LogP contribution in [0.15, 0.2) is 18.3 Å². The van der Waals surface area contributed by atoms with Crippen LogP contribution in [0.4, 0.5) is 0 Å². The minimum atomic E-state index is 0. The Kier molecular flexibility index (Phi) is 8.78. The largest absolute Gasteiger partial charge is 0.353 e. The third kappa shape index (κ3) is 5.65. The van der Waals surface area contributed by atoms with Crippen LogP contribution in [-0.4, -0.2) is 30.0 Å². The monoisotopic (exact) mass is 319 g/mol. The summed E-state index contributed by atoms with van der Waals surface area (Å²) < 4.78 is 0. The smallest absolute Gasteiger partial charge is 0.224 e. The van der Waals surface area contributed by atoms with Gasteiger partial charge in [-0.25, -0.2) is 0 Å². The molecular weight excluding hydrogens is 297 g/mol. The molecule has 1 aliphatic rings. The molecule has 114 valence electrons. The van der Waals surface area contributed by atoms with Crippen molar-refractivity contribution in [3.8, 4) is 0 Å². The number of carbonyl (C=O) groups is 1. The molecule has 20 heavy (non-hydrogen) atoms. The lowest BCUT2D eigenvalue weighted by Crippen LogP contribution is -2.48. The van der Waals surface area contributed by atoms with Crippen molar-refractivity contribution in [1.82, 2.24) is 15.6 Å². The van der Waals surface area contributed by atoms with Crippen LogP contribution in [-0.2, 0) is 11.2 Å². The highest BCUT2D eigenvalue weighted by Gasteiger charge is 2.22. The number of nitrogens with zero attached hydrogens (tertiary/aromatic N) is 1. The van der Waals surface area contributed by atoms with Crippen LogP contribution in [0, 0.1) is 12.8 Å². The number of aryl methyl sites for hydroxylation is 1. The average Bonchev–Trinajstić information content (AvgIpc) is 2.35. The van der Waals surface area contributed by atoms with Gasteiger partial charge in [-0.15, -0.1) is 24.8 Å². The zero-order valence-corrected chi connectivity index (χ0v) is 13.5. The van der Waals surface area contributed by atoms with E-state index in [1.807, 2.05) is 19.1 Å². The Bertz CT molecular complexity index is 411. The summed E-state index contributed by atoms with van der Waals surface area (Å²) in [6, 6.07) is 4.21. The van der Waals surface area contributed by atoms with E-state index in [1.165, 1.54) is 0 Å². The SMILES string of the molecule is Cc1ccc(CC(=O)NC2CCNCC2C)cn1.Cl.Cl. The number of hydrogen-bond donors (Lipinski definition) is 2. The minimum Gasteiger partial charge on any atom is -0.353 e. The van der Waals surface area contributed by atoms with Gasteiger partial charge in [0.15, 0.2) is 0 Å². The van der Waals surface area contributed by atoms with E-state index in [9.17, 15) is 4.79 Å². The van der Waals surface area contributed by atoms with Crippen LogP contribution in [0.25, 0.3) is 0 Å². The standard InChI is InChI=1S/C14H21N3O.2ClH/c1-10-8-15-6-5-13(10)17-14(18)7-12-4-3-11(2)16-9-12;;/h3-4,9-10,13,15H,5-8H2,1-2H3,(H,17,18);2*1H. The molecule has 0 spiro atoms. The molecule has 1 aliphatic heterocycles. The van der Waals surface area contributed by atoms with Crippen molar-refractivity contribution in [2.45, 2.75) is 32.7 Å². The van der Waals surface area contributed by atoms with E-state index in [2.05, 4.69) is 22.5 Å². The predicted octanol–water partition coefficient (Wildman–Crippen LogP) is 1.89. The fourth-order valence-electron chi connectivity index (χ4n) is 2.27. The van der Waals surface area contributed by atoms with Crippen LogP contribution in [0.5, 0.6) is 0 Å². The molecular formula is C14H23Cl2N3O. The highest BCUT2D eigenvalue weighted by atomic mass is 35.5. The van der Waals surface area contributed by atoms with Gasteiger partial charge in [-0.3, -0.25) is 9.78 Å². The van der Waals surface area contributed by atoms with Gasteiger partial charge in [0.05, 0.1) is 6.42 Å². The minimum absolute atomic E-state index is 0. The Labute approximate surface area is 132 Å². The van der Waals surface area contributed by atoms with Crippen molar-refractivity contribution in [2.24, 2.45) is 5.92 Å². The van der Waals surface area contributed by atoms with Crippen molar-refractivity contribution in [2.75, 3.05) is 13.1 Å². The van der Waals surface area contributed by atoms with Gasteiger partial charge in [0.25, 0.3) is 0 Å². The molecule has 1 aromatic heterocycles. The average molecular weight is 320 g/mol. The molecule has 2 unspecified atom stereocenters. The molecule has 1 saturated heterocycles. The van der Waals surface area contributed by atoms with E-state index >= 15 is 0 Å². The van der Waals surface area contributed by atoms with Crippen molar-refractivity contribution in [1.29, 1.82) is 0 Å². The van der Waals surface area contributed by atoms with Gasteiger partial charge in [-0.1, -0.05) is 13.0 Å². The lowest BCUT2D eigenvalue weighted by atomic mass is 9.95. The maximum absolute atomic E-state index is 12.0. The summed E-state index contributed by atoms with van der Waals surface area (Å²) in [7, 11) is 0. The number of carbonyl (C=O) groups excluding carboxylic acids is 1. The highest BCUT2D eigenvalue weighted by Crippen LogP contribution is 2.10. The highest BCUT2D eigenvalue weighted by molar-refractivity contribution is 5.85. The second-order valence-electron chi connectivity index (χ2n) is 5.13. The van der Waals surface area contributed by atoms with E-state index in [0.29, 0.717) is 18.4 Å². The molecule has 0 bridgehead atoms. The molecule has 2 N–H and O–H groups in total. The lowest BCUT2D eigenvalue weighted by molar-refractivity contribution is -0.121. The first-order valence-corrected chi connectivity index (χ1v) is 6.57. The van der Waals surface area contributed by atoms with Crippen LogP contribution < -0.4 is 10.6 Å². The zero-order valence-electron chi connectivity index (χ0n) is 11.9. The first-order chi connectivity index (χ1) is 8.65. The summed E-state index contributed by atoms with van der Waals surface area (Å²) in [5, 5.41) is 6.46. The van der Waals surface area contributed by atoms with Gasteiger partial charge < -0.3 is 10.6 Å². The van der Waals surface area contributed by atoms with Gasteiger partial charge in [0.2, 0.25) is 5.91 Å². The van der Waals surface area contributed by atoms with Crippen LogP contribution in [0.1, 0.15) is 24.6 Å². The molecule has 2 heterocycles. The first-order valence-electron chi connectivity index (χ1n) is 6.57. The van der Waals surface area contributed by atoms with Crippen molar-refractivity contribution >= 4 is 30.7 Å². The molecule has 2 rings (SSSR count). The van der Waals surface area contributed by atoms with Gasteiger partial charge in [-0.05, 0) is 44.0 Å². The Hall–Kier alpha value is -0.840. The number of pyridine rings is 1. The van der Waals surface area contributed by atoms with Crippen molar-refractivity contribution in [3.63, 3.8) is 0 Å². The number of amides is 1. The summed E-state index contributed by atoms with van der Waals surface area (Å²) in [4.78, 5) is 16.2. The molecule has 1 aromatic rings. The van der Waals surface area contributed by atoms with E-state index in [0.717, 1.165) is 30.8 Å². The Balaban J connectivity index is 0.00000180. The van der Waals surface area contributed by atoms with Gasteiger partial charge in [0, 0.05) is 17.9 Å². The molecule has 0 saturated carbocycles. The summed E-state index contributed by atoms with van der Waals surface area (Å²) in [6.07, 6.45) is 3.21. The van der Waals surface area contributed by atoms with E-state index in [1.54, 1.807) is 6.20 Å². The normalized spacial score (nSPS) is 21.3. The Morgan fingerprint density at radius 2 is 2.20 bits per heavy atom. The van der Waals surface area contributed by atoms with E-state index in [4.69, 9.17) is 0 Å². The number of nitrogens with one attached hydrogen (secondary N) is 2. The summed E-state index contributed by atoms with van der Waals surface area (Å²) in [5.41, 5.74) is 1.95. The lowest BCUT2D eigenvalue weighted by Gasteiger charge is -2.30. The summed E-state index contributed by atoms with van der Waals surface area (Å²) >= 11 is 0. The summed E-state index contributed by atoms with van der Waals surface area (Å²) in [6.45, 7) is 6.09. The Morgan fingerprint density at radius 3 is 2.80 bits per heavy atom. The number of aromatic nitrogens is 1. The van der Waals surface area contributed by atoms with Crippen molar-refractivity contribution < 1.29 is 4.79 Å². The third-order valence-electron chi connectivity index (χ3n) is 3.47. The fourth-order valence-corrected chi connectivity index (χ4v) is 2.27. The summed E-state index contributed by atoms with van der Waals surface area (Å²) in [5.74, 6) is 0.596. The number of piperidine rings is 1. The van der Waals surface area contributed by atoms with Crippen LogP contribution in [0.2, 0.25) is 0 Å². The van der Waals surface area contributed by atoms with Crippen LogP contribution >= 0.6 is 24.8 Å². The van der Waals surface area contributed by atoms with Gasteiger partial charge in [-0.2, -0.15) is 0 Å². The first kappa shape index (κ1) is 19.2. The second-order valence-corrected chi connectivity index (χ2v) is 5.13. The zero-order chi connectivity index (χ0) is 13.0. The predicted molar refractivity (Wildman–Crippen MR) is 85.8 cm³/mol. The third-order valence-corrected chi connectivity index (χ3v) is 3.47.